The van der Waals surface area contributed by atoms with Crippen molar-refractivity contribution in [3.8, 4) is 0 Å². The van der Waals surface area contributed by atoms with E-state index >= 15 is 0 Å². The van der Waals surface area contributed by atoms with Gasteiger partial charge in [0, 0.05) is 24.2 Å². The van der Waals surface area contributed by atoms with Crippen molar-refractivity contribution in [2.75, 3.05) is 26.8 Å². The van der Waals surface area contributed by atoms with Gasteiger partial charge in [0.2, 0.25) is 0 Å². The predicted molar refractivity (Wildman–Crippen MR) is 79.4 cm³/mol. The second kappa shape index (κ2) is 7.58. The van der Waals surface area contributed by atoms with E-state index in [9.17, 15) is 5.11 Å². The van der Waals surface area contributed by atoms with Crippen LogP contribution in [0, 0.1) is 0 Å². The zero-order valence-corrected chi connectivity index (χ0v) is 13.3. The minimum Gasteiger partial charge on any atom is -0.394 e. The fraction of sp³-hybridized carbons (Fsp3) is 1.00. The summed E-state index contributed by atoms with van der Waals surface area (Å²) < 4.78 is 5.61. The van der Waals surface area contributed by atoms with Crippen LogP contribution in [0.4, 0.5) is 0 Å². The van der Waals surface area contributed by atoms with Gasteiger partial charge in [-0.15, -0.1) is 0 Å². The first kappa shape index (κ1) is 16.9. The van der Waals surface area contributed by atoms with Crippen LogP contribution in [0.5, 0.6) is 0 Å². The molecular weight excluding hydrogens is 240 g/mol. The molecule has 0 saturated heterocycles. The van der Waals surface area contributed by atoms with E-state index in [1.165, 1.54) is 0 Å². The van der Waals surface area contributed by atoms with Crippen molar-refractivity contribution in [2.24, 2.45) is 0 Å². The molecule has 2 unspecified atom stereocenters. The van der Waals surface area contributed by atoms with E-state index in [1.807, 2.05) is 0 Å². The summed E-state index contributed by atoms with van der Waals surface area (Å²) in [5.74, 6) is 0. The van der Waals surface area contributed by atoms with Gasteiger partial charge in [0.1, 0.15) is 0 Å². The molecule has 2 N–H and O–H groups in total. The highest BCUT2D eigenvalue weighted by atomic mass is 16.5. The lowest BCUT2D eigenvalue weighted by molar-refractivity contribution is 0.0544. The molecule has 0 aromatic heterocycles. The van der Waals surface area contributed by atoms with Crippen LogP contribution in [0.1, 0.15) is 47.0 Å². The first-order valence-corrected chi connectivity index (χ1v) is 7.59. The molecule has 114 valence electrons. The Morgan fingerprint density at radius 3 is 2.58 bits per heavy atom. The minimum absolute atomic E-state index is 0.0774. The Morgan fingerprint density at radius 1 is 1.37 bits per heavy atom. The number of nitrogens with one attached hydrogen (secondary N) is 1. The van der Waals surface area contributed by atoms with E-state index < -0.39 is 0 Å². The average molecular weight is 272 g/mol. The molecule has 0 heterocycles. The zero-order chi connectivity index (χ0) is 14.5. The Balaban J connectivity index is 2.40. The summed E-state index contributed by atoms with van der Waals surface area (Å²) in [5, 5.41) is 13.3. The summed E-state index contributed by atoms with van der Waals surface area (Å²) in [6.45, 7) is 10.4. The molecule has 0 aromatic carbocycles. The number of ether oxygens (including phenoxy) is 1. The Bertz CT molecular complexity index is 259. The number of hydrogen-bond donors (Lipinski definition) is 2. The van der Waals surface area contributed by atoms with Gasteiger partial charge < -0.3 is 20.1 Å². The number of nitrogens with zero attached hydrogens (tertiary/aromatic N) is 1. The molecule has 0 spiro atoms. The Hall–Kier alpha value is -0.160. The van der Waals surface area contributed by atoms with Crippen molar-refractivity contribution in [3.63, 3.8) is 0 Å². The standard InChI is InChI=1S/C15H32N2O2/c1-12(2)16-15(11-18)7-6-14(10-15)17(5)8-9-19-13(3)4/h12-14,16,18H,6-11H2,1-5H3. The van der Waals surface area contributed by atoms with Gasteiger partial charge in [-0.05, 0) is 40.2 Å². The fourth-order valence-corrected chi connectivity index (χ4v) is 3.02. The lowest BCUT2D eigenvalue weighted by Crippen LogP contribution is -2.50. The lowest BCUT2D eigenvalue weighted by atomic mass is 9.97. The number of rotatable bonds is 8. The highest BCUT2D eigenvalue weighted by Gasteiger charge is 2.40. The number of likely N-dealkylation sites (N-methyl/N-ethyl adjacent to an activating group) is 1. The molecule has 0 bridgehead atoms. The van der Waals surface area contributed by atoms with Crippen molar-refractivity contribution in [2.45, 2.75) is 70.7 Å². The van der Waals surface area contributed by atoms with E-state index in [-0.39, 0.29) is 12.1 Å². The molecule has 0 radical (unpaired) electrons. The van der Waals surface area contributed by atoms with E-state index in [0.29, 0.717) is 18.2 Å². The van der Waals surface area contributed by atoms with Crippen LogP contribution >= 0.6 is 0 Å². The van der Waals surface area contributed by atoms with Crippen LogP contribution < -0.4 is 5.32 Å². The summed E-state index contributed by atoms with van der Waals surface area (Å²) in [7, 11) is 2.16. The second-order valence-corrected chi connectivity index (χ2v) is 6.53. The van der Waals surface area contributed by atoms with E-state index in [0.717, 1.165) is 32.4 Å². The lowest BCUT2D eigenvalue weighted by Gasteiger charge is -2.32. The monoisotopic (exact) mass is 272 g/mol. The number of hydrogen-bond acceptors (Lipinski definition) is 4. The first-order chi connectivity index (χ1) is 8.88. The SMILES string of the molecule is CC(C)NC1(CO)CCC(N(C)CCOC(C)C)C1. The highest BCUT2D eigenvalue weighted by Crippen LogP contribution is 2.32. The Labute approximate surface area is 118 Å². The molecular formula is C15H32N2O2. The number of aliphatic hydroxyl groups excluding tert-OH is 1. The molecule has 1 saturated carbocycles. The predicted octanol–water partition coefficient (Wildman–Crippen LogP) is 1.62. The van der Waals surface area contributed by atoms with Crippen molar-refractivity contribution in [3.05, 3.63) is 0 Å². The normalized spacial score (nSPS) is 27.9. The minimum atomic E-state index is -0.0774. The van der Waals surface area contributed by atoms with Gasteiger partial charge in [0.05, 0.1) is 19.3 Å². The second-order valence-electron chi connectivity index (χ2n) is 6.53. The third kappa shape index (κ3) is 5.38. The van der Waals surface area contributed by atoms with Gasteiger partial charge in [0.25, 0.3) is 0 Å². The molecule has 19 heavy (non-hydrogen) atoms. The summed E-state index contributed by atoms with van der Waals surface area (Å²) >= 11 is 0. The van der Waals surface area contributed by atoms with Crippen molar-refractivity contribution in [1.82, 2.24) is 10.2 Å². The largest absolute Gasteiger partial charge is 0.394 e. The Morgan fingerprint density at radius 2 is 2.05 bits per heavy atom. The van der Waals surface area contributed by atoms with Gasteiger partial charge >= 0.3 is 0 Å². The van der Waals surface area contributed by atoms with Gasteiger partial charge in [-0.25, -0.2) is 0 Å². The van der Waals surface area contributed by atoms with E-state index in [1.54, 1.807) is 0 Å². The maximum Gasteiger partial charge on any atom is 0.0614 e. The number of aliphatic hydroxyl groups is 1. The summed E-state index contributed by atoms with van der Waals surface area (Å²) in [6, 6.07) is 0.967. The van der Waals surface area contributed by atoms with Crippen LogP contribution in [0.25, 0.3) is 0 Å². The maximum atomic E-state index is 9.71. The van der Waals surface area contributed by atoms with Gasteiger partial charge in [0.15, 0.2) is 0 Å². The van der Waals surface area contributed by atoms with Crippen LogP contribution in [0.2, 0.25) is 0 Å². The van der Waals surface area contributed by atoms with E-state index in [2.05, 4.69) is 45.0 Å². The summed E-state index contributed by atoms with van der Waals surface area (Å²) in [5.41, 5.74) is -0.0774. The molecule has 4 heteroatoms. The summed E-state index contributed by atoms with van der Waals surface area (Å²) in [4.78, 5) is 2.38. The summed E-state index contributed by atoms with van der Waals surface area (Å²) in [6.07, 6.45) is 3.54. The van der Waals surface area contributed by atoms with Crippen LogP contribution in [0.3, 0.4) is 0 Å². The molecule has 0 aliphatic heterocycles. The molecule has 0 aromatic rings. The highest BCUT2D eigenvalue weighted by molar-refractivity contribution is 4.99. The Kier molecular flexibility index (Phi) is 6.74. The first-order valence-electron chi connectivity index (χ1n) is 7.59. The molecule has 0 amide bonds. The maximum absolute atomic E-state index is 9.71. The molecule has 1 aliphatic rings. The van der Waals surface area contributed by atoms with Crippen LogP contribution in [0.15, 0.2) is 0 Å². The quantitative estimate of drug-likeness (QED) is 0.705. The van der Waals surface area contributed by atoms with Crippen molar-refractivity contribution >= 4 is 0 Å². The van der Waals surface area contributed by atoms with Crippen molar-refractivity contribution in [1.29, 1.82) is 0 Å². The van der Waals surface area contributed by atoms with Gasteiger partial charge in [-0.3, -0.25) is 0 Å². The fourth-order valence-electron chi connectivity index (χ4n) is 3.02. The van der Waals surface area contributed by atoms with Crippen LogP contribution in [-0.4, -0.2) is 60.5 Å². The molecule has 1 rings (SSSR count). The molecule has 1 aliphatic carbocycles. The molecule has 4 nitrogen and oxygen atoms in total. The van der Waals surface area contributed by atoms with E-state index in [4.69, 9.17) is 4.74 Å². The topological polar surface area (TPSA) is 44.7 Å². The average Bonchev–Trinajstić information content (AvgIpc) is 2.72. The third-order valence-corrected chi connectivity index (χ3v) is 4.00. The molecule has 1 fully saturated rings. The van der Waals surface area contributed by atoms with Crippen LogP contribution in [-0.2, 0) is 4.74 Å². The van der Waals surface area contributed by atoms with Crippen molar-refractivity contribution < 1.29 is 9.84 Å². The third-order valence-electron chi connectivity index (χ3n) is 4.00. The zero-order valence-electron chi connectivity index (χ0n) is 13.3. The van der Waals surface area contributed by atoms with Gasteiger partial charge in [-0.1, -0.05) is 13.8 Å². The smallest absolute Gasteiger partial charge is 0.0614 e. The molecule has 2 atom stereocenters. The van der Waals surface area contributed by atoms with Gasteiger partial charge in [-0.2, -0.15) is 0 Å².